The number of hydrogen-bond acceptors (Lipinski definition) is 2. The van der Waals surface area contributed by atoms with E-state index in [9.17, 15) is 4.21 Å². The minimum absolute atomic E-state index is 0.366. The van der Waals surface area contributed by atoms with E-state index in [4.69, 9.17) is 0 Å². The van der Waals surface area contributed by atoms with Crippen LogP contribution in [0.15, 0.2) is 24.3 Å². The first-order valence-electron chi connectivity index (χ1n) is 7.25. The molecule has 0 radical (unpaired) electrons. The van der Waals surface area contributed by atoms with Crippen LogP contribution >= 0.6 is 0 Å². The average Bonchev–Trinajstić information content (AvgIpc) is 2.41. The largest absolute Gasteiger partial charge is 0.310 e. The standard InChI is InChI=1S/C16H27NOS/c1-4-5-7-15-8-10-16(11-9-15)14(2)17-12-6-13-19(3)18/h8-11,14,17H,4-7,12-13H2,1-3H3. The summed E-state index contributed by atoms with van der Waals surface area (Å²) in [5, 5.41) is 3.48. The molecule has 108 valence electrons. The Morgan fingerprint density at radius 3 is 2.47 bits per heavy atom. The molecule has 0 aliphatic carbocycles. The lowest BCUT2D eigenvalue weighted by Gasteiger charge is -2.14. The second kappa shape index (κ2) is 9.27. The Kier molecular flexibility index (Phi) is 7.99. The van der Waals surface area contributed by atoms with Crippen LogP contribution in [0.1, 0.15) is 50.3 Å². The SMILES string of the molecule is CCCCc1ccc(C(C)NCCCS(C)=O)cc1. The molecule has 0 fully saturated rings. The highest BCUT2D eigenvalue weighted by Crippen LogP contribution is 2.14. The molecule has 0 aliphatic heterocycles. The van der Waals surface area contributed by atoms with Crippen LogP contribution in [0.3, 0.4) is 0 Å². The summed E-state index contributed by atoms with van der Waals surface area (Å²) in [7, 11) is -0.671. The Hall–Kier alpha value is -0.670. The van der Waals surface area contributed by atoms with E-state index in [0.29, 0.717) is 6.04 Å². The summed E-state index contributed by atoms with van der Waals surface area (Å²) in [6.45, 7) is 5.34. The zero-order valence-electron chi connectivity index (χ0n) is 12.4. The summed E-state index contributed by atoms with van der Waals surface area (Å²) in [6, 6.07) is 9.29. The molecule has 2 nitrogen and oxygen atoms in total. The maximum atomic E-state index is 11.0. The summed E-state index contributed by atoms with van der Waals surface area (Å²) >= 11 is 0. The van der Waals surface area contributed by atoms with Crippen molar-refractivity contribution in [3.8, 4) is 0 Å². The van der Waals surface area contributed by atoms with Crippen LogP contribution < -0.4 is 5.32 Å². The van der Waals surface area contributed by atoms with Crippen LogP contribution in [0, 0.1) is 0 Å². The molecular weight excluding hydrogens is 254 g/mol. The van der Waals surface area contributed by atoms with Crippen molar-refractivity contribution in [1.29, 1.82) is 0 Å². The molecule has 0 heterocycles. The summed E-state index contributed by atoms with van der Waals surface area (Å²) in [6.07, 6.45) is 6.43. The topological polar surface area (TPSA) is 29.1 Å². The van der Waals surface area contributed by atoms with Crippen molar-refractivity contribution in [1.82, 2.24) is 5.32 Å². The van der Waals surface area contributed by atoms with Gasteiger partial charge in [0.1, 0.15) is 0 Å². The number of aryl methyl sites for hydroxylation is 1. The zero-order chi connectivity index (χ0) is 14.1. The van der Waals surface area contributed by atoms with Gasteiger partial charge in [-0.1, -0.05) is 37.6 Å². The molecule has 3 heteroatoms. The number of unbranched alkanes of at least 4 members (excludes halogenated alkanes) is 1. The molecule has 0 amide bonds. The molecule has 0 aliphatic rings. The Morgan fingerprint density at radius 1 is 1.21 bits per heavy atom. The molecule has 0 saturated heterocycles. The van der Waals surface area contributed by atoms with Gasteiger partial charge in [0.25, 0.3) is 0 Å². The highest BCUT2D eigenvalue weighted by atomic mass is 32.2. The van der Waals surface area contributed by atoms with Crippen LogP contribution in [-0.4, -0.2) is 22.8 Å². The number of nitrogens with one attached hydrogen (secondary N) is 1. The van der Waals surface area contributed by atoms with E-state index in [1.165, 1.54) is 30.4 Å². The highest BCUT2D eigenvalue weighted by molar-refractivity contribution is 7.84. The van der Waals surface area contributed by atoms with Crippen molar-refractivity contribution in [2.75, 3.05) is 18.6 Å². The van der Waals surface area contributed by atoms with Gasteiger partial charge in [-0.3, -0.25) is 4.21 Å². The fourth-order valence-corrected chi connectivity index (χ4v) is 2.62. The predicted molar refractivity (Wildman–Crippen MR) is 85.0 cm³/mol. The normalized spacial score (nSPS) is 14.3. The monoisotopic (exact) mass is 281 g/mol. The minimum atomic E-state index is -0.671. The van der Waals surface area contributed by atoms with Crippen molar-refractivity contribution in [2.45, 2.75) is 45.6 Å². The first-order chi connectivity index (χ1) is 9.13. The molecule has 1 aromatic rings. The molecule has 2 unspecified atom stereocenters. The van der Waals surface area contributed by atoms with Crippen molar-refractivity contribution in [3.05, 3.63) is 35.4 Å². The summed E-state index contributed by atoms with van der Waals surface area (Å²) in [5.74, 6) is 0.787. The van der Waals surface area contributed by atoms with E-state index in [1.807, 2.05) is 0 Å². The van der Waals surface area contributed by atoms with E-state index < -0.39 is 10.8 Å². The molecular formula is C16H27NOS. The van der Waals surface area contributed by atoms with E-state index in [2.05, 4.69) is 43.4 Å². The third kappa shape index (κ3) is 6.88. The van der Waals surface area contributed by atoms with Gasteiger partial charge < -0.3 is 5.32 Å². The van der Waals surface area contributed by atoms with Crippen molar-refractivity contribution < 1.29 is 4.21 Å². The third-order valence-electron chi connectivity index (χ3n) is 3.36. The van der Waals surface area contributed by atoms with E-state index >= 15 is 0 Å². The lowest BCUT2D eigenvalue weighted by Crippen LogP contribution is -2.21. The van der Waals surface area contributed by atoms with Crippen LogP contribution in [0.25, 0.3) is 0 Å². The van der Waals surface area contributed by atoms with Crippen LogP contribution in [0.4, 0.5) is 0 Å². The van der Waals surface area contributed by atoms with Crippen molar-refractivity contribution >= 4 is 10.8 Å². The van der Waals surface area contributed by atoms with Gasteiger partial charge in [-0.05, 0) is 43.9 Å². The Bertz CT molecular complexity index is 375. The van der Waals surface area contributed by atoms with Gasteiger partial charge in [0.05, 0.1) is 0 Å². The smallest absolute Gasteiger partial charge is 0.0291 e. The van der Waals surface area contributed by atoms with Crippen molar-refractivity contribution in [2.24, 2.45) is 0 Å². The summed E-state index contributed by atoms with van der Waals surface area (Å²) < 4.78 is 11.0. The average molecular weight is 281 g/mol. The molecule has 19 heavy (non-hydrogen) atoms. The number of rotatable bonds is 9. The predicted octanol–water partition coefficient (Wildman–Crippen LogP) is 3.45. The quantitative estimate of drug-likeness (QED) is 0.702. The molecule has 0 saturated carbocycles. The number of benzene rings is 1. The van der Waals surface area contributed by atoms with Gasteiger partial charge in [0.15, 0.2) is 0 Å². The van der Waals surface area contributed by atoms with Gasteiger partial charge in [0, 0.05) is 28.9 Å². The first-order valence-corrected chi connectivity index (χ1v) is 8.98. The summed E-state index contributed by atoms with van der Waals surface area (Å²) in [4.78, 5) is 0. The van der Waals surface area contributed by atoms with Gasteiger partial charge >= 0.3 is 0 Å². The second-order valence-electron chi connectivity index (χ2n) is 5.15. The number of hydrogen-bond donors (Lipinski definition) is 1. The molecule has 0 bridgehead atoms. The van der Waals surface area contributed by atoms with E-state index in [-0.39, 0.29) is 0 Å². The Morgan fingerprint density at radius 2 is 1.89 bits per heavy atom. The fraction of sp³-hybridized carbons (Fsp3) is 0.625. The van der Waals surface area contributed by atoms with Crippen LogP contribution in [0.2, 0.25) is 0 Å². The highest BCUT2D eigenvalue weighted by Gasteiger charge is 2.04. The Balaban J connectivity index is 2.35. The van der Waals surface area contributed by atoms with E-state index in [0.717, 1.165) is 18.7 Å². The van der Waals surface area contributed by atoms with Gasteiger partial charge in [-0.2, -0.15) is 0 Å². The van der Waals surface area contributed by atoms with Crippen molar-refractivity contribution in [3.63, 3.8) is 0 Å². The maximum absolute atomic E-state index is 11.0. The lowest BCUT2D eigenvalue weighted by molar-refractivity contribution is 0.570. The van der Waals surface area contributed by atoms with Gasteiger partial charge in [-0.15, -0.1) is 0 Å². The molecule has 0 spiro atoms. The molecule has 0 aromatic heterocycles. The van der Waals surface area contributed by atoms with E-state index in [1.54, 1.807) is 6.26 Å². The summed E-state index contributed by atoms with van der Waals surface area (Å²) in [5.41, 5.74) is 2.76. The first kappa shape index (κ1) is 16.4. The molecule has 2 atom stereocenters. The third-order valence-corrected chi connectivity index (χ3v) is 4.22. The fourth-order valence-electron chi connectivity index (χ4n) is 2.07. The molecule has 1 N–H and O–H groups in total. The maximum Gasteiger partial charge on any atom is 0.0291 e. The Labute approximate surface area is 120 Å². The molecule has 1 rings (SSSR count). The lowest BCUT2D eigenvalue weighted by atomic mass is 10.0. The van der Waals surface area contributed by atoms with Crippen LogP contribution in [-0.2, 0) is 17.2 Å². The minimum Gasteiger partial charge on any atom is -0.310 e. The van der Waals surface area contributed by atoms with Crippen LogP contribution in [0.5, 0.6) is 0 Å². The van der Waals surface area contributed by atoms with Gasteiger partial charge in [-0.25, -0.2) is 0 Å². The van der Waals surface area contributed by atoms with Gasteiger partial charge in [0.2, 0.25) is 0 Å². The second-order valence-corrected chi connectivity index (χ2v) is 6.71. The molecule has 1 aromatic carbocycles. The zero-order valence-corrected chi connectivity index (χ0v) is 13.3.